The molecule has 13 heteroatoms. The van der Waals surface area contributed by atoms with Gasteiger partial charge < -0.3 is 4.90 Å². The van der Waals surface area contributed by atoms with Crippen molar-refractivity contribution in [3.8, 4) is 6.07 Å². The first-order valence-electron chi connectivity index (χ1n) is 12.1. The molecule has 1 fully saturated rings. The van der Waals surface area contributed by atoms with E-state index in [0.717, 1.165) is 5.56 Å². The Morgan fingerprint density at radius 2 is 1.68 bits per heavy atom. The Morgan fingerprint density at radius 3 is 2.23 bits per heavy atom. The van der Waals surface area contributed by atoms with Crippen molar-refractivity contribution in [1.82, 2.24) is 18.8 Å². The molecule has 0 radical (unpaired) electrons. The standard InChI is InChI=1S/C26H24Cl2N6O4S.CH4/c1-17(35)31-7-9-32(10-8-31)39(37,38)23-16-30-25-33(22-12-20(27)11-21(28)13-22)24(36)26(2,34(23)25)14-18-3-5-19(15-29)6-4-18;/h3-6,11-13,16H,7-10,14H2,1-2H3;1H4/t26-;/m1./s1. The van der Waals surface area contributed by atoms with Gasteiger partial charge in [-0.1, -0.05) is 42.8 Å². The van der Waals surface area contributed by atoms with Crippen molar-refractivity contribution in [2.24, 2.45) is 0 Å². The summed E-state index contributed by atoms with van der Waals surface area (Å²) >= 11 is 12.5. The minimum absolute atomic E-state index is 0. The minimum Gasteiger partial charge on any atom is -0.340 e. The van der Waals surface area contributed by atoms with E-state index in [1.165, 1.54) is 33.0 Å². The van der Waals surface area contributed by atoms with Gasteiger partial charge in [-0.15, -0.1) is 0 Å². The monoisotopic (exact) mass is 602 g/mol. The zero-order chi connectivity index (χ0) is 28.1. The van der Waals surface area contributed by atoms with Crippen LogP contribution in [0.15, 0.2) is 53.7 Å². The number of sulfonamides is 1. The summed E-state index contributed by atoms with van der Waals surface area (Å²) < 4.78 is 30.6. The Hall–Kier alpha value is -3.43. The number of nitriles is 1. The van der Waals surface area contributed by atoms with E-state index >= 15 is 0 Å². The van der Waals surface area contributed by atoms with Crippen LogP contribution < -0.4 is 4.90 Å². The Bertz CT molecular complexity index is 1610. The Labute approximate surface area is 243 Å². The lowest BCUT2D eigenvalue weighted by molar-refractivity contribution is -0.130. The molecular weight excluding hydrogens is 575 g/mol. The fraction of sp³-hybridized carbons (Fsp3) is 0.333. The highest BCUT2D eigenvalue weighted by Crippen LogP contribution is 2.44. The normalized spacial score (nSPS) is 19.2. The average molecular weight is 604 g/mol. The molecule has 2 amide bonds. The van der Waals surface area contributed by atoms with Gasteiger partial charge in [0.15, 0.2) is 5.03 Å². The van der Waals surface area contributed by atoms with Crippen molar-refractivity contribution in [1.29, 1.82) is 5.26 Å². The molecule has 5 rings (SSSR count). The quantitative estimate of drug-likeness (QED) is 0.432. The molecule has 1 aromatic heterocycles. The Balaban J connectivity index is 0.00000370. The molecule has 1 atom stereocenters. The van der Waals surface area contributed by atoms with Gasteiger partial charge in [-0.2, -0.15) is 9.57 Å². The second kappa shape index (κ2) is 10.9. The van der Waals surface area contributed by atoms with Crippen LogP contribution in [0.1, 0.15) is 32.4 Å². The molecule has 0 spiro atoms. The zero-order valence-electron chi connectivity index (χ0n) is 21.1. The van der Waals surface area contributed by atoms with Crippen LogP contribution in [-0.2, 0) is 31.6 Å². The lowest BCUT2D eigenvalue weighted by atomic mass is 9.91. The van der Waals surface area contributed by atoms with Crippen LogP contribution in [0.25, 0.3) is 0 Å². The summed E-state index contributed by atoms with van der Waals surface area (Å²) in [5.74, 6) is -0.407. The molecule has 1 saturated heterocycles. The van der Waals surface area contributed by atoms with E-state index in [9.17, 15) is 23.3 Å². The summed E-state index contributed by atoms with van der Waals surface area (Å²) in [5.41, 5.74) is 0.159. The van der Waals surface area contributed by atoms with Gasteiger partial charge in [-0.05, 0) is 42.8 Å². The molecule has 0 aliphatic carbocycles. The van der Waals surface area contributed by atoms with Crippen molar-refractivity contribution in [2.75, 3.05) is 31.1 Å². The van der Waals surface area contributed by atoms with Gasteiger partial charge in [0, 0.05) is 49.6 Å². The molecule has 0 saturated carbocycles. The third-order valence-electron chi connectivity index (χ3n) is 7.09. The number of anilines is 2. The van der Waals surface area contributed by atoms with Gasteiger partial charge in [0.05, 0.1) is 23.5 Å². The maximum atomic E-state index is 14.1. The molecule has 0 N–H and O–H groups in total. The first-order chi connectivity index (χ1) is 18.5. The third-order valence-corrected chi connectivity index (χ3v) is 9.39. The fourth-order valence-electron chi connectivity index (χ4n) is 5.08. The van der Waals surface area contributed by atoms with E-state index in [2.05, 4.69) is 11.1 Å². The SMILES string of the molecule is C.CC(=O)N1CCN(S(=O)(=O)c2cnc3n2[C@](C)(Cc2ccc(C#N)cc2)C(=O)N3c2cc(Cl)cc(Cl)c2)CC1. The predicted octanol–water partition coefficient (Wildman–Crippen LogP) is 4.19. The van der Waals surface area contributed by atoms with Crippen molar-refractivity contribution >= 4 is 56.7 Å². The molecule has 2 aromatic carbocycles. The highest BCUT2D eigenvalue weighted by atomic mass is 35.5. The minimum atomic E-state index is -4.09. The van der Waals surface area contributed by atoms with Crippen molar-refractivity contribution < 1.29 is 18.0 Å². The van der Waals surface area contributed by atoms with Gasteiger partial charge in [-0.3, -0.25) is 14.2 Å². The largest absolute Gasteiger partial charge is 0.340 e. The van der Waals surface area contributed by atoms with Crippen LogP contribution in [0.5, 0.6) is 0 Å². The molecule has 10 nitrogen and oxygen atoms in total. The summed E-state index contributed by atoms with van der Waals surface area (Å²) in [5, 5.41) is 9.65. The van der Waals surface area contributed by atoms with E-state index < -0.39 is 21.5 Å². The van der Waals surface area contributed by atoms with E-state index in [0.29, 0.717) is 21.3 Å². The first kappa shape index (κ1) is 29.6. The van der Waals surface area contributed by atoms with Crippen molar-refractivity contribution in [2.45, 2.75) is 38.3 Å². The summed E-state index contributed by atoms with van der Waals surface area (Å²) in [7, 11) is -4.09. The van der Waals surface area contributed by atoms with E-state index in [4.69, 9.17) is 23.2 Å². The highest BCUT2D eigenvalue weighted by Gasteiger charge is 2.52. The van der Waals surface area contributed by atoms with Crippen LogP contribution in [0.3, 0.4) is 0 Å². The number of fused-ring (bicyclic) bond motifs is 1. The molecule has 3 aromatic rings. The van der Waals surface area contributed by atoms with Crippen LogP contribution >= 0.6 is 23.2 Å². The number of aromatic nitrogens is 2. The average Bonchev–Trinajstić information content (AvgIpc) is 3.42. The van der Waals surface area contributed by atoms with Crippen LogP contribution in [0.2, 0.25) is 10.0 Å². The smallest absolute Gasteiger partial charge is 0.260 e. The Kier molecular flexibility index (Phi) is 8.02. The summed E-state index contributed by atoms with van der Waals surface area (Å²) in [4.78, 5) is 33.2. The number of amides is 2. The Morgan fingerprint density at radius 1 is 1.07 bits per heavy atom. The maximum Gasteiger partial charge on any atom is 0.260 e. The topological polar surface area (TPSA) is 120 Å². The van der Waals surface area contributed by atoms with Gasteiger partial charge in [0.25, 0.3) is 15.9 Å². The second-order valence-electron chi connectivity index (χ2n) is 9.67. The highest BCUT2D eigenvalue weighted by molar-refractivity contribution is 7.89. The summed E-state index contributed by atoms with van der Waals surface area (Å²) in [6, 6.07) is 13.5. The predicted molar refractivity (Wildman–Crippen MR) is 152 cm³/mol. The number of imidazole rings is 1. The fourth-order valence-corrected chi connectivity index (χ4v) is 7.21. The van der Waals surface area contributed by atoms with Crippen molar-refractivity contribution in [3.63, 3.8) is 0 Å². The third kappa shape index (κ3) is 4.97. The maximum absolute atomic E-state index is 14.1. The number of piperazine rings is 1. The molecule has 3 heterocycles. The molecule has 210 valence electrons. The number of nitrogens with zero attached hydrogens (tertiary/aromatic N) is 6. The molecule has 2 aliphatic rings. The van der Waals surface area contributed by atoms with Gasteiger partial charge in [-0.25, -0.2) is 18.3 Å². The number of hydrogen-bond donors (Lipinski definition) is 0. The number of carbonyl (C=O) groups is 2. The number of rotatable bonds is 5. The first-order valence-corrected chi connectivity index (χ1v) is 14.3. The summed E-state index contributed by atoms with van der Waals surface area (Å²) in [6.45, 7) is 3.89. The van der Waals surface area contributed by atoms with Gasteiger partial charge in [0.2, 0.25) is 11.9 Å². The van der Waals surface area contributed by atoms with E-state index in [1.54, 1.807) is 48.2 Å². The molecule has 2 aliphatic heterocycles. The summed E-state index contributed by atoms with van der Waals surface area (Å²) in [6.07, 6.45) is 1.39. The molecular formula is C27H28Cl2N6O4S. The van der Waals surface area contributed by atoms with Crippen LogP contribution in [-0.4, -0.2) is 65.2 Å². The number of hydrogen-bond acceptors (Lipinski definition) is 6. The van der Waals surface area contributed by atoms with Crippen molar-refractivity contribution in [3.05, 3.63) is 69.8 Å². The van der Waals surface area contributed by atoms with Crippen LogP contribution in [0, 0.1) is 11.3 Å². The number of carbonyl (C=O) groups excluding carboxylic acids is 2. The number of halogens is 2. The lowest BCUT2D eigenvalue weighted by Gasteiger charge is -2.34. The van der Waals surface area contributed by atoms with E-state index in [1.807, 2.05) is 0 Å². The molecule has 0 unspecified atom stereocenters. The van der Waals surface area contributed by atoms with E-state index in [-0.39, 0.29) is 56.9 Å². The molecule has 0 bridgehead atoms. The van der Waals surface area contributed by atoms with Gasteiger partial charge in [0.1, 0.15) is 5.54 Å². The van der Waals surface area contributed by atoms with Crippen LogP contribution in [0.4, 0.5) is 11.6 Å². The number of benzene rings is 2. The lowest BCUT2D eigenvalue weighted by Crippen LogP contribution is -2.50. The molecule has 40 heavy (non-hydrogen) atoms. The van der Waals surface area contributed by atoms with Gasteiger partial charge >= 0.3 is 0 Å². The second-order valence-corrected chi connectivity index (χ2v) is 12.4. The zero-order valence-corrected chi connectivity index (χ0v) is 23.5.